The van der Waals surface area contributed by atoms with Crippen molar-refractivity contribution in [2.45, 2.75) is 51.9 Å². The Labute approximate surface area is 126 Å². The van der Waals surface area contributed by atoms with Gasteiger partial charge in [0.2, 0.25) is 0 Å². The van der Waals surface area contributed by atoms with E-state index in [4.69, 9.17) is 0 Å². The van der Waals surface area contributed by atoms with Crippen molar-refractivity contribution in [3.8, 4) is 0 Å². The smallest absolute Gasteiger partial charge is 0.171 e. The van der Waals surface area contributed by atoms with Crippen molar-refractivity contribution < 1.29 is 4.79 Å². The zero-order valence-corrected chi connectivity index (χ0v) is 12.9. The average molecular weight is 278 g/mol. The monoisotopic (exact) mass is 278 g/mol. The fraction of sp³-hybridized carbons (Fsp3) is 0.450. The minimum atomic E-state index is 0.130. The van der Waals surface area contributed by atoms with E-state index in [0.717, 1.165) is 5.56 Å². The highest BCUT2D eigenvalue weighted by molar-refractivity contribution is 6.19. The minimum Gasteiger partial charge on any atom is -0.293 e. The van der Waals surface area contributed by atoms with Crippen molar-refractivity contribution >= 4 is 16.6 Å². The molecule has 0 N–H and O–H groups in total. The molecular formula is C20H22O. The van der Waals surface area contributed by atoms with Crippen LogP contribution in [0, 0.1) is 19.8 Å². The van der Waals surface area contributed by atoms with Crippen molar-refractivity contribution in [2.75, 3.05) is 0 Å². The van der Waals surface area contributed by atoms with Crippen LogP contribution in [0.25, 0.3) is 10.8 Å². The van der Waals surface area contributed by atoms with E-state index in [2.05, 4.69) is 38.1 Å². The third kappa shape index (κ3) is 1.79. The molecule has 1 heteroatoms. The average Bonchev–Trinajstić information content (AvgIpc) is 2.78. The topological polar surface area (TPSA) is 17.1 Å². The van der Waals surface area contributed by atoms with Crippen LogP contribution in [0.2, 0.25) is 0 Å². The van der Waals surface area contributed by atoms with Crippen molar-refractivity contribution in [1.29, 1.82) is 0 Å². The first-order valence-electron chi connectivity index (χ1n) is 8.25. The van der Waals surface area contributed by atoms with Gasteiger partial charge >= 0.3 is 0 Å². The third-order valence-electron chi connectivity index (χ3n) is 5.61. The Bertz CT molecular complexity index is 727. The van der Waals surface area contributed by atoms with E-state index in [1.807, 2.05) is 0 Å². The highest BCUT2D eigenvalue weighted by Gasteiger charge is 2.38. The van der Waals surface area contributed by atoms with Crippen LogP contribution in [0.4, 0.5) is 0 Å². The van der Waals surface area contributed by atoms with Gasteiger partial charge in [0.15, 0.2) is 5.78 Å². The van der Waals surface area contributed by atoms with E-state index >= 15 is 0 Å². The molecule has 1 nitrogen and oxygen atoms in total. The number of aryl methyl sites for hydroxylation is 2. The lowest BCUT2D eigenvalue weighted by Crippen LogP contribution is -2.20. The van der Waals surface area contributed by atoms with Crippen LogP contribution in [0.3, 0.4) is 0 Å². The second-order valence-electron chi connectivity index (χ2n) is 6.89. The van der Waals surface area contributed by atoms with Gasteiger partial charge in [-0.15, -0.1) is 0 Å². The molecule has 2 aromatic rings. The maximum absolute atomic E-state index is 13.0. The molecule has 0 amide bonds. The standard InChI is InChI=1S/C20H22O/c1-12-8-10-15-18(14-6-4-3-5-7-14)20(21)16-11-9-13(2)17(12)19(15)16/h8-11,14,18H,3-7H2,1-2H3. The van der Waals surface area contributed by atoms with Gasteiger partial charge in [-0.05, 0) is 60.1 Å². The van der Waals surface area contributed by atoms with Crippen LogP contribution < -0.4 is 0 Å². The second-order valence-corrected chi connectivity index (χ2v) is 6.89. The summed E-state index contributed by atoms with van der Waals surface area (Å²) in [7, 11) is 0. The summed E-state index contributed by atoms with van der Waals surface area (Å²) >= 11 is 0. The third-order valence-corrected chi connectivity index (χ3v) is 5.61. The molecule has 0 bridgehead atoms. The molecule has 2 aliphatic rings. The quantitative estimate of drug-likeness (QED) is 0.690. The molecule has 108 valence electrons. The van der Waals surface area contributed by atoms with Gasteiger partial charge in [0, 0.05) is 5.56 Å². The Morgan fingerprint density at radius 2 is 1.52 bits per heavy atom. The fourth-order valence-electron chi connectivity index (χ4n) is 4.61. The summed E-state index contributed by atoms with van der Waals surface area (Å²) in [5.74, 6) is 1.07. The van der Waals surface area contributed by atoms with Crippen LogP contribution in [0.1, 0.15) is 65.1 Å². The number of hydrogen-bond donors (Lipinski definition) is 0. The largest absolute Gasteiger partial charge is 0.293 e. The Balaban J connectivity index is 1.94. The van der Waals surface area contributed by atoms with Crippen LogP contribution in [0.15, 0.2) is 24.3 Å². The van der Waals surface area contributed by atoms with Crippen LogP contribution in [-0.2, 0) is 0 Å². The van der Waals surface area contributed by atoms with Gasteiger partial charge in [-0.3, -0.25) is 4.79 Å². The SMILES string of the molecule is Cc1ccc2c3c(ccc(C)c13)C(C1CCCCC1)C2=O. The molecule has 1 unspecified atom stereocenters. The number of ketones is 1. The molecule has 0 aliphatic heterocycles. The zero-order chi connectivity index (χ0) is 14.6. The van der Waals surface area contributed by atoms with Gasteiger partial charge in [0.1, 0.15) is 0 Å². The molecule has 21 heavy (non-hydrogen) atoms. The highest BCUT2D eigenvalue weighted by atomic mass is 16.1. The predicted molar refractivity (Wildman–Crippen MR) is 87.1 cm³/mol. The summed E-state index contributed by atoms with van der Waals surface area (Å²) in [4.78, 5) is 13.0. The van der Waals surface area contributed by atoms with Gasteiger partial charge in [0.05, 0.1) is 5.92 Å². The van der Waals surface area contributed by atoms with Gasteiger partial charge in [-0.1, -0.05) is 43.5 Å². The summed E-state index contributed by atoms with van der Waals surface area (Å²) in [6, 6.07) is 8.62. The van der Waals surface area contributed by atoms with Crippen LogP contribution in [0.5, 0.6) is 0 Å². The number of benzene rings is 2. The summed E-state index contributed by atoms with van der Waals surface area (Å²) in [6.07, 6.45) is 6.36. The van der Waals surface area contributed by atoms with Crippen molar-refractivity contribution in [3.05, 3.63) is 46.5 Å². The van der Waals surface area contributed by atoms with Crippen LogP contribution in [-0.4, -0.2) is 5.78 Å². The summed E-state index contributed by atoms with van der Waals surface area (Å²) in [6.45, 7) is 4.32. The molecular weight excluding hydrogens is 256 g/mol. The van der Waals surface area contributed by atoms with Gasteiger partial charge < -0.3 is 0 Å². The number of Topliss-reactive ketones (excluding diaryl/α,β-unsaturated/α-hetero) is 1. The lowest BCUT2D eigenvalue weighted by atomic mass is 9.76. The minimum absolute atomic E-state index is 0.130. The molecule has 0 radical (unpaired) electrons. The number of carbonyl (C=O) groups excluding carboxylic acids is 1. The molecule has 1 atom stereocenters. The number of hydrogen-bond acceptors (Lipinski definition) is 1. The van der Waals surface area contributed by atoms with E-state index in [1.54, 1.807) is 0 Å². The lowest BCUT2D eigenvalue weighted by molar-refractivity contribution is 0.0923. The van der Waals surface area contributed by atoms with Gasteiger partial charge in [0.25, 0.3) is 0 Å². The van der Waals surface area contributed by atoms with E-state index in [-0.39, 0.29) is 5.92 Å². The molecule has 4 rings (SSSR count). The molecule has 0 aromatic heterocycles. The zero-order valence-electron chi connectivity index (χ0n) is 12.9. The van der Waals surface area contributed by atoms with Crippen molar-refractivity contribution in [3.63, 3.8) is 0 Å². The van der Waals surface area contributed by atoms with Crippen molar-refractivity contribution in [2.24, 2.45) is 5.92 Å². The predicted octanol–water partition coefficient (Wildman–Crippen LogP) is 5.32. The first-order valence-corrected chi connectivity index (χ1v) is 8.25. The first kappa shape index (κ1) is 13.1. The van der Waals surface area contributed by atoms with Crippen LogP contribution >= 0.6 is 0 Å². The van der Waals surface area contributed by atoms with Gasteiger partial charge in [-0.25, -0.2) is 0 Å². The molecule has 0 saturated heterocycles. The Hall–Kier alpha value is -1.63. The van der Waals surface area contributed by atoms with Crippen molar-refractivity contribution in [1.82, 2.24) is 0 Å². The summed E-state index contributed by atoms with van der Waals surface area (Å²) in [5, 5.41) is 2.58. The van der Waals surface area contributed by atoms with E-state index in [9.17, 15) is 4.79 Å². The Morgan fingerprint density at radius 1 is 0.857 bits per heavy atom. The normalized spacial score (nSPS) is 22.2. The van der Waals surface area contributed by atoms with Gasteiger partial charge in [-0.2, -0.15) is 0 Å². The maximum Gasteiger partial charge on any atom is 0.171 e. The highest BCUT2D eigenvalue weighted by Crippen LogP contribution is 2.47. The maximum atomic E-state index is 13.0. The number of rotatable bonds is 1. The van der Waals surface area contributed by atoms with E-state index < -0.39 is 0 Å². The molecule has 2 aromatic carbocycles. The summed E-state index contributed by atoms with van der Waals surface area (Å²) in [5.41, 5.74) is 4.88. The molecule has 0 heterocycles. The Morgan fingerprint density at radius 3 is 2.24 bits per heavy atom. The summed E-state index contributed by atoms with van der Waals surface area (Å²) < 4.78 is 0. The molecule has 2 aliphatic carbocycles. The number of carbonyl (C=O) groups is 1. The Kier molecular flexibility index (Phi) is 2.92. The molecule has 0 spiro atoms. The first-order chi connectivity index (χ1) is 10.2. The molecule has 1 saturated carbocycles. The fourth-order valence-corrected chi connectivity index (χ4v) is 4.61. The van der Waals surface area contributed by atoms with E-state index in [0.29, 0.717) is 11.7 Å². The molecule has 1 fully saturated rings. The second kappa shape index (κ2) is 4.69. The van der Waals surface area contributed by atoms with E-state index in [1.165, 1.54) is 59.6 Å². The lowest BCUT2D eigenvalue weighted by Gasteiger charge is -2.27.